The SMILES string of the molecule is Cc1c(/C(O)=C2\C(=O)C(=O)N(CCCN3CCOCC3)[C@H]2c2ccccc2F)cnn1-c1ccccc1. The number of aliphatic hydroxyl groups excluding tert-OH is 1. The molecule has 0 aliphatic carbocycles. The van der Waals surface area contributed by atoms with Crippen molar-refractivity contribution in [2.45, 2.75) is 19.4 Å². The average Bonchev–Trinajstić information content (AvgIpc) is 3.42. The highest BCUT2D eigenvalue weighted by atomic mass is 19.1. The molecule has 1 aromatic heterocycles. The molecule has 5 rings (SSSR count). The fraction of sp³-hybridized carbons (Fsp3) is 0.321. The Hall–Kier alpha value is -3.82. The number of benzene rings is 2. The molecule has 2 saturated heterocycles. The van der Waals surface area contributed by atoms with Gasteiger partial charge in [-0.3, -0.25) is 14.5 Å². The Morgan fingerprint density at radius 1 is 1.05 bits per heavy atom. The first-order chi connectivity index (χ1) is 18.0. The monoisotopic (exact) mass is 504 g/mol. The Morgan fingerprint density at radius 3 is 2.49 bits per heavy atom. The molecule has 2 fully saturated rings. The number of likely N-dealkylation sites (tertiary alicyclic amines) is 1. The van der Waals surface area contributed by atoms with Crippen LogP contribution in [0.2, 0.25) is 0 Å². The van der Waals surface area contributed by atoms with E-state index in [0.29, 0.717) is 30.9 Å². The molecule has 3 heterocycles. The number of ether oxygens (including phenoxy) is 1. The van der Waals surface area contributed by atoms with E-state index in [9.17, 15) is 14.7 Å². The van der Waals surface area contributed by atoms with Crippen molar-refractivity contribution in [1.82, 2.24) is 19.6 Å². The van der Waals surface area contributed by atoms with E-state index in [-0.39, 0.29) is 23.4 Å². The molecule has 1 amide bonds. The first-order valence-corrected chi connectivity index (χ1v) is 12.4. The van der Waals surface area contributed by atoms with Crippen LogP contribution in [-0.2, 0) is 14.3 Å². The number of nitrogens with zero attached hydrogens (tertiary/aromatic N) is 4. The molecule has 1 atom stereocenters. The summed E-state index contributed by atoms with van der Waals surface area (Å²) in [5.41, 5.74) is 1.74. The molecule has 37 heavy (non-hydrogen) atoms. The highest BCUT2D eigenvalue weighted by Crippen LogP contribution is 2.40. The molecule has 0 spiro atoms. The molecule has 0 unspecified atom stereocenters. The number of aromatic nitrogens is 2. The number of ketones is 1. The third kappa shape index (κ3) is 4.80. The first kappa shape index (κ1) is 24.9. The predicted octanol–water partition coefficient (Wildman–Crippen LogP) is 3.46. The van der Waals surface area contributed by atoms with Crippen molar-refractivity contribution in [3.05, 3.63) is 89.0 Å². The van der Waals surface area contributed by atoms with Crippen LogP contribution >= 0.6 is 0 Å². The van der Waals surface area contributed by atoms with E-state index in [2.05, 4.69) is 10.00 Å². The summed E-state index contributed by atoms with van der Waals surface area (Å²) in [6.45, 7) is 5.68. The molecular formula is C28H29FN4O4. The zero-order valence-corrected chi connectivity index (χ0v) is 20.6. The smallest absolute Gasteiger partial charge is 0.295 e. The summed E-state index contributed by atoms with van der Waals surface area (Å²) in [4.78, 5) is 30.1. The number of hydrogen-bond acceptors (Lipinski definition) is 6. The van der Waals surface area contributed by atoms with Crippen LogP contribution in [0.15, 0.2) is 66.4 Å². The maximum absolute atomic E-state index is 15.0. The molecule has 1 N–H and O–H groups in total. The van der Waals surface area contributed by atoms with Crippen molar-refractivity contribution >= 4 is 17.4 Å². The standard InChI is InChI=1S/C28H29FN4O4/c1-19-22(18-30-33(19)20-8-3-2-4-9-20)26(34)24-25(21-10-5-6-11-23(21)29)32(28(36)27(24)35)13-7-12-31-14-16-37-17-15-31/h2-6,8-11,18,25,34H,7,12-17H2,1H3/b26-24+/t25-/m0/s1. The summed E-state index contributed by atoms with van der Waals surface area (Å²) in [6.07, 6.45) is 2.06. The Labute approximate surface area is 214 Å². The lowest BCUT2D eigenvalue weighted by Gasteiger charge is -2.29. The number of para-hydroxylation sites is 1. The average molecular weight is 505 g/mol. The van der Waals surface area contributed by atoms with Crippen molar-refractivity contribution in [3.63, 3.8) is 0 Å². The highest BCUT2D eigenvalue weighted by molar-refractivity contribution is 6.46. The van der Waals surface area contributed by atoms with Gasteiger partial charge in [-0.05, 0) is 31.5 Å². The fourth-order valence-electron chi connectivity index (χ4n) is 5.04. The van der Waals surface area contributed by atoms with E-state index in [4.69, 9.17) is 4.74 Å². The van der Waals surface area contributed by atoms with Crippen molar-refractivity contribution in [3.8, 4) is 5.69 Å². The quantitative estimate of drug-likeness (QED) is 0.301. The molecule has 8 nitrogen and oxygen atoms in total. The van der Waals surface area contributed by atoms with E-state index in [1.165, 1.54) is 17.2 Å². The van der Waals surface area contributed by atoms with E-state index in [1.54, 1.807) is 29.8 Å². The van der Waals surface area contributed by atoms with Gasteiger partial charge in [-0.15, -0.1) is 0 Å². The van der Waals surface area contributed by atoms with Gasteiger partial charge in [0.25, 0.3) is 11.7 Å². The lowest BCUT2D eigenvalue weighted by molar-refractivity contribution is -0.140. The van der Waals surface area contributed by atoms with Crippen molar-refractivity contribution in [1.29, 1.82) is 0 Å². The van der Waals surface area contributed by atoms with Crippen LogP contribution in [0, 0.1) is 12.7 Å². The maximum atomic E-state index is 15.0. The number of amides is 1. The normalized spacial score (nSPS) is 20.1. The number of carbonyl (C=O) groups excluding carboxylic acids is 2. The minimum Gasteiger partial charge on any atom is -0.507 e. The molecule has 0 radical (unpaired) electrons. The minimum atomic E-state index is -1.04. The number of halogens is 1. The molecule has 2 aliphatic rings. The second kappa shape index (κ2) is 10.7. The van der Waals surface area contributed by atoms with E-state index >= 15 is 4.39 Å². The van der Waals surface area contributed by atoms with Gasteiger partial charge in [0, 0.05) is 31.7 Å². The Balaban J connectivity index is 1.52. The van der Waals surface area contributed by atoms with Crippen LogP contribution in [0.1, 0.15) is 29.3 Å². The van der Waals surface area contributed by atoms with Gasteiger partial charge in [0.15, 0.2) is 0 Å². The largest absolute Gasteiger partial charge is 0.507 e. The predicted molar refractivity (Wildman–Crippen MR) is 136 cm³/mol. The number of hydrogen-bond donors (Lipinski definition) is 1. The molecule has 192 valence electrons. The Kier molecular flexibility index (Phi) is 7.16. The number of morpholine rings is 1. The van der Waals surface area contributed by atoms with E-state index < -0.39 is 23.5 Å². The zero-order chi connectivity index (χ0) is 25.9. The van der Waals surface area contributed by atoms with Crippen LogP contribution < -0.4 is 0 Å². The van der Waals surface area contributed by atoms with Gasteiger partial charge in [0.05, 0.1) is 48.0 Å². The summed E-state index contributed by atoms with van der Waals surface area (Å²) in [7, 11) is 0. The fourth-order valence-corrected chi connectivity index (χ4v) is 5.04. The van der Waals surface area contributed by atoms with Crippen LogP contribution in [0.4, 0.5) is 4.39 Å². The lowest BCUT2D eigenvalue weighted by atomic mass is 9.95. The lowest BCUT2D eigenvalue weighted by Crippen LogP contribution is -2.39. The van der Waals surface area contributed by atoms with Gasteiger partial charge in [-0.25, -0.2) is 9.07 Å². The second-order valence-corrected chi connectivity index (χ2v) is 9.21. The Bertz CT molecular complexity index is 1330. The van der Waals surface area contributed by atoms with Crippen LogP contribution in [0.5, 0.6) is 0 Å². The first-order valence-electron chi connectivity index (χ1n) is 12.4. The van der Waals surface area contributed by atoms with Crippen molar-refractivity contribution in [2.75, 3.05) is 39.4 Å². The maximum Gasteiger partial charge on any atom is 0.295 e. The summed E-state index contributed by atoms with van der Waals surface area (Å²) in [5, 5.41) is 15.8. The summed E-state index contributed by atoms with van der Waals surface area (Å²) in [6, 6.07) is 14.4. The van der Waals surface area contributed by atoms with Crippen molar-refractivity contribution in [2.24, 2.45) is 0 Å². The number of rotatable bonds is 7. The Morgan fingerprint density at radius 2 is 1.76 bits per heavy atom. The molecule has 2 aliphatic heterocycles. The van der Waals surface area contributed by atoms with Gasteiger partial charge in [0.1, 0.15) is 11.6 Å². The van der Waals surface area contributed by atoms with Gasteiger partial charge < -0.3 is 14.7 Å². The number of Topliss-reactive ketones (excluding diaryl/α,β-unsaturated/α-hetero) is 1. The molecule has 9 heteroatoms. The molecule has 0 bridgehead atoms. The highest BCUT2D eigenvalue weighted by Gasteiger charge is 2.47. The van der Waals surface area contributed by atoms with Gasteiger partial charge in [-0.1, -0.05) is 36.4 Å². The topological polar surface area (TPSA) is 87.9 Å². The molecular weight excluding hydrogens is 475 g/mol. The number of aliphatic hydroxyl groups is 1. The zero-order valence-electron chi connectivity index (χ0n) is 20.6. The molecule has 0 saturated carbocycles. The van der Waals surface area contributed by atoms with Gasteiger partial charge in [-0.2, -0.15) is 5.10 Å². The van der Waals surface area contributed by atoms with Crippen LogP contribution in [-0.4, -0.2) is 75.8 Å². The summed E-state index contributed by atoms with van der Waals surface area (Å²) >= 11 is 0. The molecule has 3 aromatic rings. The van der Waals surface area contributed by atoms with Crippen LogP contribution in [0.25, 0.3) is 11.4 Å². The van der Waals surface area contributed by atoms with E-state index in [1.807, 2.05) is 30.3 Å². The van der Waals surface area contributed by atoms with Crippen LogP contribution in [0.3, 0.4) is 0 Å². The van der Waals surface area contributed by atoms with Crippen molar-refractivity contribution < 1.29 is 23.8 Å². The van der Waals surface area contributed by atoms with Gasteiger partial charge >= 0.3 is 0 Å². The third-order valence-electron chi connectivity index (χ3n) is 6.98. The summed E-state index contributed by atoms with van der Waals surface area (Å²) < 4.78 is 22.1. The second-order valence-electron chi connectivity index (χ2n) is 9.21. The minimum absolute atomic E-state index is 0.128. The summed E-state index contributed by atoms with van der Waals surface area (Å²) in [5.74, 6) is -2.48. The van der Waals surface area contributed by atoms with Gasteiger partial charge in [0.2, 0.25) is 0 Å². The van der Waals surface area contributed by atoms with E-state index in [0.717, 1.165) is 25.3 Å². The third-order valence-corrected chi connectivity index (χ3v) is 6.98. The number of carbonyl (C=O) groups is 2. The molecule has 2 aromatic carbocycles.